The SMILES string of the molecule is Nc1ccc(OC(=O)/C=C/c2ccc(C(=O)c3ccc(N)cc3)cc2)cc1. The van der Waals surface area contributed by atoms with E-state index in [9.17, 15) is 9.59 Å². The van der Waals surface area contributed by atoms with E-state index in [-0.39, 0.29) is 5.78 Å². The molecule has 0 saturated heterocycles. The molecule has 0 atom stereocenters. The number of nitrogens with two attached hydrogens (primary N) is 2. The molecule has 27 heavy (non-hydrogen) atoms. The molecule has 0 amide bonds. The molecular weight excluding hydrogens is 340 g/mol. The lowest BCUT2D eigenvalue weighted by Crippen LogP contribution is -2.03. The van der Waals surface area contributed by atoms with E-state index in [1.807, 2.05) is 0 Å². The molecule has 5 heteroatoms. The van der Waals surface area contributed by atoms with Gasteiger partial charge in [0.15, 0.2) is 5.78 Å². The number of nitrogen functional groups attached to an aromatic ring is 2. The van der Waals surface area contributed by atoms with Gasteiger partial charge in [-0.2, -0.15) is 0 Å². The minimum absolute atomic E-state index is 0.0895. The van der Waals surface area contributed by atoms with E-state index in [1.165, 1.54) is 6.08 Å². The van der Waals surface area contributed by atoms with Crippen molar-refractivity contribution in [3.8, 4) is 5.75 Å². The molecule has 0 bridgehead atoms. The molecule has 0 heterocycles. The van der Waals surface area contributed by atoms with Gasteiger partial charge >= 0.3 is 5.97 Å². The number of anilines is 2. The Balaban J connectivity index is 1.63. The molecule has 0 aliphatic carbocycles. The Morgan fingerprint density at radius 2 is 1.19 bits per heavy atom. The van der Waals surface area contributed by atoms with Gasteiger partial charge in [0.2, 0.25) is 0 Å². The van der Waals surface area contributed by atoms with Crippen LogP contribution < -0.4 is 16.2 Å². The van der Waals surface area contributed by atoms with E-state index >= 15 is 0 Å². The first-order valence-electron chi connectivity index (χ1n) is 8.27. The number of hydrogen-bond donors (Lipinski definition) is 2. The van der Waals surface area contributed by atoms with Crippen LogP contribution in [0.25, 0.3) is 6.08 Å². The number of hydrogen-bond acceptors (Lipinski definition) is 5. The fourth-order valence-electron chi connectivity index (χ4n) is 2.40. The summed E-state index contributed by atoms with van der Waals surface area (Å²) in [5.41, 5.74) is 14.3. The monoisotopic (exact) mass is 358 g/mol. The minimum Gasteiger partial charge on any atom is -0.423 e. The zero-order chi connectivity index (χ0) is 19.2. The second-order valence-corrected chi connectivity index (χ2v) is 5.90. The normalized spacial score (nSPS) is 10.7. The van der Waals surface area contributed by atoms with E-state index in [1.54, 1.807) is 78.9 Å². The Morgan fingerprint density at radius 1 is 0.704 bits per heavy atom. The Bertz CT molecular complexity index is 974. The molecule has 3 aromatic carbocycles. The maximum atomic E-state index is 12.4. The molecule has 3 aromatic rings. The number of ketones is 1. The molecule has 134 valence electrons. The topological polar surface area (TPSA) is 95.4 Å². The third kappa shape index (κ3) is 4.83. The number of esters is 1. The molecule has 0 unspecified atom stereocenters. The van der Waals surface area contributed by atoms with E-state index in [0.717, 1.165) is 5.56 Å². The summed E-state index contributed by atoms with van der Waals surface area (Å²) >= 11 is 0. The van der Waals surface area contributed by atoms with Gasteiger partial charge in [-0.25, -0.2) is 4.79 Å². The Kier molecular flexibility index (Phi) is 5.33. The third-order valence-electron chi connectivity index (χ3n) is 3.86. The zero-order valence-electron chi connectivity index (χ0n) is 14.5. The van der Waals surface area contributed by atoms with Crippen LogP contribution in [0.3, 0.4) is 0 Å². The second-order valence-electron chi connectivity index (χ2n) is 5.90. The predicted molar refractivity (Wildman–Crippen MR) is 106 cm³/mol. The largest absolute Gasteiger partial charge is 0.423 e. The van der Waals surface area contributed by atoms with E-state index < -0.39 is 5.97 Å². The number of rotatable bonds is 5. The molecule has 0 fully saturated rings. The molecule has 0 aliphatic heterocycles. The summed E-state index contributed by atoms with van der Waals surface area (Å²) in [5.74, 6) is -0.168. The number of carbonyl (C=O) groups is 2. The summed E-state index contributed by atoms with van der Waals surface area (Å²) in [4.78, 5) is 24.3. The zero-order valence-corrected chi connectivity index (χ0v) is 14.5. The first kappa shape index (κ1) is 17.9. The number of benzene rings is 3. The van der Waals surface area contributed by atoms with Crippen molar-refractivity contribution >= 4 is 29.2 Å². The molecule has 0 aromatic heterocycles. The summed E-state index contributed by atoms with van der Waals surface area (Å²) in [6.45, 7) is 0. The first-order valence-corrected chi connectivity index (χ1v) is 8.27. The Labute approximate surface area is 156 Å². The van der Waals surface area contributed by atoms with Crippen molar-refractivity contribution in [2.45, 2.75) is 0 Å². The highest BCUT2D eigenvalue weighted by Crippen LogP contribution is 2.15. The lowest BCUT2D eigenvalue weighted by atomic mass is 10.0. The van der Waals surface area contributed by atoms with E-state index in [2.05, 4.69) is 0 Å². The molecule has 0 saturated carbocycles. The summed E-state index contributed by atoms with van der Waals surface area (Å²) in [6.07, 6.45) is 2.95. The molecule has 4 N–H and O–H groups in total. The van der Waals surface area contributed by atoms with Gasteiger partial charge in [0.1, 0.15) is 5.75 Å². The van der Waals surface area contributed by atoms with Crippen molar-refractivity contribution in [2.24, 2.45) is 0 Å². The van der Waals surface area contributed by atoms with Gasteiger partial charge in [0.05, 0.1) is 0 Å². The van der Waals surface area contributed by atoms with Crippen LogP contribution in [0.5, 0.6) is 5.75 Å². The van der Waals surface area contributed by atoms with Crippen LogP contribution in [0.15, 0.2) is 78.9 Å². The van der Waals surface area contributed by atoms with Crippen molar-refractivity contribution in [3.63, 3.8) is 0 Å². The van der Waals surface area contributed by atoms with Crippen LogP contribution in [0, 0.1) is 0 Å². The minimum atomic E-state index is -0.498. The highest BCUT2D eigenvalue weighted by atomic mass is 16.5. The van der Waals surface area contributed by atoms with Crippen molar-refractivity contribution in [1.29, 1.82) is 0 Å². The van der Waals surface area contributed by atoms with E-state index in [4.69, 9.17) is 16.2 Å². The van der Waals surface area contributed by atoms with Gasteiger partial charge in [0, 0.05) is 28.6 Å². The molecular formula is C22H18N2O3. The van der Waals surface area contributed by atoms with Crippen LogP contribution in [0.4, 0.5) is 11.4 Å². The maximum Gasteiger partial charge on any atom is 0.336 e. The maximum absolute atomic E-state index is 12.4. The molecule has 0 aliphatic rings. The smallest absolute Gasteiger partial charge is 0.336 e. The molecule has 0 spiro atoms. The van der Waals surface area contributed by atoms with E-state index in [0.29, 0.717) is 28.3 Å². The predicted octanol–water partition coefficient (Wildman–Crippen LogP) is 3.70. The van der Waals surface area contributed by atoms with Gasteiger partial charge in [-0.15, -0.1) is 0 Å². The van der Waals surface area contributed by atoms with Crippen LogP contribution >= 0.6 is 0 Å². The summed E-state index contributed by atoms with van der Waals surface area (Å²) in [6, 6.07) is 20.3. The Hall–Kier alpha value is -3.86. The number of ether oxygens (including phenoxy) is 1. The summed E-state index contributed by atoms with van der Waals surface area (Å²) < 4.78 is 5.17. The van der Waals surface area contributed by atoms with Crippen molar-refractivity contribution < 1.29 is 14.3 Å². The van der Waals surface area contributed by atoms with Crippen molar-refractivity contribution in [2.75, 3.05) is 11.5 Å². The average Bonchev–Trinajstić information content (AvgIpc) is 2.69. The fraction of sp³-hybridized carbons (Fsp3) is 0. The first-order chi connectivity index (χ1) is 13.0. The van der Waals surface area contributed by atoms with Crippen LogP contribution in [-0.4, -0.2) is 11.8 Å². The standard InChI is InChI=1S/C22H18N2O3/c23-18-8-6-17(7-9-18)22(26)16-4-1-15(2-5-16)3-14-21(25)27-20-12-10-19(24)11-13-20/h1-14H,23-24H2/b14-3+. The van der Waals surface area contributed by atoms with Gasteiger partial charge in [-0.05, 0) is 60.2 Å². The molecule has 3 rings (SSSR count). The summed E-state index contributed by atoms with van der Waals surface area (Å²) in [7, 11) is 0. The lowest BCUT2D eigenvalue weighted by molar-refractivity contribution is -0.128. The van der Waals surface area contributed by atoms with Crippen LogP contribution in [0.1, 0.15) is 21.5 Å². The quantitative estimate of drug-likeness (QED) is 0.238. The van der Waals surface area contributed by atoms with Gasteiger partial charge in [-0.3, -0.25) is 4.79 Å². The van der Waals surface area contributed by atoms with Crippen LogP contribution in [0.2, 0.25) is 0 Å². The van der Waals surface area contributed by atoms with Crippen molar-refractivity contribution in [1.82, 2.24) is 0 Å². The molecule has 5 nitrogen and oxygen atoms in total. The summed E-state index contributed by atoms with van der Waals surface area (Å²) in [5, 5.41) is 0. The highest BCUT2D eigenvalue weighted by Gasteiger charge is 2.08. The van der Waals surface area contributed by atoms with Gasteiger partial charge in [0.25, 0.3) is 0 Å². The molecule has 0 radical (unpaired) electrons. The van der Waals surface area contributed by atoms with Crippen molar-refractivity contribution in [3.05, 3.63) is 95.6 Å². The second kappa shape index (κ2) is 8.01. The van der Waals surface area contributed by atoms with Gasteiger partial charge < -0.3 is 16.2 Å². The third-order valence-corrected chi connectivity index (χ3v) is 3.86. The lowest BCUT2D eigenvalue weighted by Gasteiger charge is -2.03. The fourth-order valence-corrected chi connectivity index (χ4v) is 2.40. The highest BCUT2D eigenvalue weighted by molar-refractivity contribution is 6.09. The van der Waals surface area contributed by atoms with Crippen LogP contribution in [-0.2, 0) is 4.79 Å². The Morgan fingerprint density at radius 3 is 1.74 bits per heavy atom. The number of carbonyl (C=O) groups excluding carboxylic acids is 2. The average molecular weight is 358 g/mol. The van der Waals surface area contributed by atoms with Gasteiger partial charge in [-0.1, -0.05) is 24.3 Å².